The third kappa shape index (κ3) is 10.4. The fourth-order valence-corrected chi connectivity index (χ4v) is 4.49. The molecular weight excluding hydrogens is 468 g/mol. The smallest absolute Gasteiger partial charge is 0.247 e. The summed E-state index contributed by atoms with van der Waals surface area (Å²) in [5.74, 6) is 0.750. The van der Waals surface area contributed by atoms with E-state index in [4.69, 9.17) is 4.74 Å². The number of carbonyl (C=O) groups excluding carboxylic acids is 2. The highest BCUT2D eigenvalue weighted by molar-refractivity contribution is 9.09. The summed E-state index contributed by atoms with van der Waals surface area (Å²) in [4.78, 5) is 25.3. The highest BCUT2D eigenvalue weighted by Crippen LogP contribution is 2.28. The Kier molecular flexibility index (Phi) is 14.3. The first kappa shape index (κ1) is 28.5. The Morgan fingerprint density at radius 3 is 1.97 bits per heavy atom. The van der Waals surface area contributed by atoms with Gasteiger partial charge in [0.05, 0.1) is 6.61 Å². The standard InChI is InChI=1S/C26H43BrN2O3/c1-20(2)24(29(5)19-30)26(31)28-23-17-21(3)25(22(4)18-23)32-16-14-12-10-8-6-7-9-11-13-15-27/h17-20,24H,6-16H2,1-5H3,(H,28,31)/t24-/m0/s1. The summed E-state index contributed by atoms with van der Waals surface area (Å²) in [6.45, 7) is 8.60. The number of rotatable bonds is 17. The van der Waals surface area contributed by atoms with Crippen molar-refractivity contribution in [3.8, 4) is 5.75 Å². The Morgan fingerprint density at radius 1 is 1.00 bits per heavy atom. The summed E-state index contributed by atoms with van der Waals surface area (Å²) in [6, 6.07) is 3.38. The van der Waals surface area contributed by atoms with Gasteiger partial charge in [0.2, 0.25) is 12.3 Å². The second kappa shape index (κ2) is 16.1. The molecule has 0 heterocycles. The Balaban J connectivity index is 2.44. The molecule has 0 spiro atoms. The fraction of sp³-hybridized carbons (Fsp3) is 0.692. The molecule has 0 aliphatic heterocycles. The molecule has 0 aliphatic carbocycles. The van der Waals surface area contributed by atoms with Crippen LogP contribution in [-0.2, 0) is 9.59 Å². The lowest BCUT2D eigenvalue weighted by Crippen LogP contribution is -2.44. The van der Waals surface area contributed by atoms with Gasteiger partial charge in [0.1, 0.15) is 11.8 Å². The zero-order valence-corrected chi connectivity index (χ0v) is 22.3. The number of hydrogen-bond donors (Lipinski definition) is 1. The van der Waals surface area contributed by atoms with Crippen LogP contribution in [0.4, 0.5) is 5.69 Å². The van der Waals surface area contributed by atoms with E-state index in [9.17, 15) is 9.59 Å². The number of alkyl halides is 1. The van der Waals surface area contributed by atoms with Gasteiger partial charge in [-0.25, -0.2) is 0 Å². The lowest BCUT2D eigenvalue weighted by Gasteiger charge is -2.27. The molecule has 182 valence electrons. The number of amides is 2. The first-order chi connectivity index (χ1) is 15.3. The summed E-state index contributed by atoms with van der Waals surface area (Å²) in [5.41, 5.74) is 2.75. The third-order valence-corrected chi connectivity index (χ3v) is 6.32. The van der Waals surface area contributed by atoms with Gasteiger partial charge in [0, 0.05) is 18.1 Å². The highest BCUT2D eigenvalue weighted by atomic mass is 79.9. The number of hydrogen-bond acceptors (Lipinski definition) is 3. The van der Waals surface area contributed by atoms with Gasteiger partial charge in [0.15, 0.2) is 0 Å². The lowest BCUT2D eigenvalue weighted by atomic mass is 10.0. The number of carbonyl (C=O) groups is 2. The molecule has 0 fully saturated rings. The zero-order chi connectivity index (χ0) is 23.9. The summed E-state index contributed by atoms with van der Waals surface area (Å²) in [7, 11) is 1.64. The van der Waals surface area contributed by atoms with E-state index in [0.29, 0.717) is 6.41 Å². The third-order valence-electron chi connectivity index (χ3n) is 5.76. The molecule has 1 rings (SSSR count). The minimum atomic E-state index is -0.502. The molecule has 5 nitrogen and oxygen atoms in total. The van der Waals surface area contributed by atoms with Crippen molar-refractivity contribution in [2.45, 2.75) is 91.5 Å². The van der Waals surface area contributed by atoms with Crippen LogP contribution in [0.5, 0.6) is 5.75 Å². The van der Waals surface area contributed by atoms with Gasteiger partial charge in [-0.15, -0.1) is 0 Å². The minimum Gasteiger partial charge on any atom is -0.493 e. The summed E-state index contributed by atoms with van der Waals surface area (Å²) < 4.78 is 6.07. The number of benzene rings is 1. The summed E-state index contributed by atoms with van der Waals surface area (Å²) in [5, 5.41) is 4.09. The van der Waals surface area contributed by atoms with Gasteiger partial charge in [0.25, 0.3) is 0 Å². The van der Waals surface area contributed by atoms with Crippen LogP contribution in [0.15, 0.2) is 12.1 Å². The van der Waals surface area contributed by atoms with Crippen molar-refractivity contribution in [1.82, 2.24) is 4.90 Å². The van der Waals surface area contributed by atoms with E-state index in [0.717, 1.165) is 40.9 Å². The number of ether oxygens (including phenoxy) is 1. The molecule has 0 radical (unpaired) electrons. The van der Waals surface area contributed by atoms with E-state index in [-0.39, 0.29) is 11.8 Å². The SMILES string of the molecule is Cc1cc(NC(=O)[C@H](C(C)C)N(C)C=O)cc(C)c1OCCCCCCCCCCCBr. The Morgan fingerprint density at radius 2 is 1.50 bits per heavy atom. The topological polar surface area (TPSA) is 58.6 Å². The van der Waals surface area contributed by atoms with Crippen LogP contribution in [0.1, 0.15) is 82.8 Å². The average Bonchev–Trinajstić information content (AvgIpc) is 2.73. The van der Waals surface area contributed by atoms with Gasteiger partial charge < -0.3 is 15.0 Å². The Hall–Kier alpha value is -1.56. The molecule has 0 aromatic heterocycles. The maximum Gasteiger partial charge on any atom is 0.247 e. The van der Waals surface area contributed by atoms with E-state index < -0.39 is 6.04 Å². The van der Waals surface area contributed by atoms with Crippen molar-refractivity contribution in [1.29, 1.82) is 0 Å². The minimum absolute atomic E-state index is 0.0224. The van der Waals surface area contributed by atoms with Crippen LogP contribution in [0, 0.1) is 19.8 Å². The number of halogens is 1. The first-order valence-electron chi connectivity index (χ1n) is 12.1. The van der Waals surface area contributed by atoms with Crippen molar-refractivity contribution in [3.63, 3.8) is 0 Å². The van der Waals surface area contributed by atoms with Crippen LogP contribution >= 0.6 is 15.9 Å². The second-order valence-corrected chi connectivity index (χ2v) is 9.90. The fourth-order valence-electron chi connectivity index (χ4n) is 4.10. The van der Waals surface area contributed by atoms with E-state index >= 15 is 0 Å². The molecule has 32 heavy (non-hydrogen) atoms. The lowest BCUT2D eigenvalue weighted by molar-refractivity contribution is -0.130. The van der Waals surface area contributed by atoms with Gasteiger partial charge in [-0.05, 0) is 55.9 Å². The van der Waals surface area contributed by atoms with E-state index in [1.807, 2.05) is 39.8 Å². The molecule has 1 N–H and O–H groups in total. The average molecular weight is 512 g/mol. The maximum absolute atomic E-state index is 12.7. The van der Waals surface area contributed by atoms with E-state index in [1.54, 1.807) is 7.05 Å². The van der Waals surface area contributed by atoms with Gasteiger partial charge in [-0.1, -0.05) is 74.7 Å². The quantitative estimate of drug-likeness (QED) is 0.145. The molecule has 0 aliphatic rings. The monoisotopic (exact) mass is 510 g/mol. The first-order valence-corrected chi connectivity index (χ1v) is 13.2. The number of nitrogens with zero attached hydrogens (tertiary/aromatic N) is 1. The predicted molar refractivity (Wildman–Crippen MR) is 138 cm³/mol. The summed E-state index contributed by atoms with van der Waals surface area (Å²) >= 11 is 3.48. The second-order valence-electron chi connectivity index (χ2n) is 9.11. The highest BCUT2D eigenvalue weighted by Gasteiger charge is 2.26. The van der Waals surface area contributed by atoms with E-state index in [1.165, 1.54) is 56.3 Å². The van der Waals surface area contributed by atoms with Crippen LogP contribution in [0.3, 0.4) is 0 Å². The Labute approximate surface area is 203 Å². The molecule has 0 unspecified atom stereocenters. The maximum atomic E-state index is 12.7. The van der Waals surface area contributed by atoms with Crippen LogP contribution in [0.2, 0.25) is 0 Å². The Bertz CT molecular complexity index is 671. The van der Waals surface area contributed by atoms with Crippen molar-refractivity contribution in [2.24, 2.45) is 5.92 Å². The number of likely N-dealkylation sites (N-methyl/N-ethyl adjacent to an activating group) is 1. The largest absolute Gasteiger partial charge is 0.493 e. The van der Waals surface area contributed by atoms with Gasteiger partial charge in [-0.3, -0.25) is 9.59 Å². The van der Waals surface area contributed by atoms with Crippen LogP contribution < -0.4 is 10.1 Å². The number of unbranched alkanes of at least 4 members (excludes halogenated alkanes) is 8. The molecule has 1 aromatic carbocycles. The molecule has 2 amide bonds. The van der Waals surface area contributed by atoms with Crippen LogP contribution in [0.25, 0.3) is 0 Å². The van der Waals surface area contributed by atoms with Crippen LogP contribution in [-0.4, -0.2) is 42.2 Å². The van der Waals surface area contributed by atoms with Crippen molar-refractivity contribution < 1.29 is 14.3 Å². The van der Waals surface area contributed by atoms with Crippen molar-refractivity contribution >= 4 is 33.9 Å². The molecule has 0 bridgehead atoms. The van der Waals surface area contributed by atoms with Crippen molar-refractivity contribution in [3.05, 3.63) is 23.3 Å². The molecule has 0 saturated heterocycles. The number of anilines is 1. The van der Waals surface area contributed by atoms with Gasteiger partial charge >= 0.3 is 0 Å². The molecular formula is C26H43BrN2O3. The van der Waals surface area contributed by atoms with Crippen molar-refractivity contribution in [2.75, 3.05) is 24.3 Å². The predicted octanol–water partition coefficient (Wildman–Crippen LogP) is 6.64. The molecule has 1 atom stereocenters. The molecule has 1 aromatic rings. The van der Waals surface area contributed by atoms with Gasteiger partial charge in [-0.2, -0.15) is 0 Å². The van der Waals surface area contributed by atoms with E-state index in [2.05, 4.69) is 21.2 Å². The summed E-state index contributed by atoms with van der Waals surface area (Å²) in [6.07, 6.45) is 12.2. The number of nitrogens with one attached hydrogen (secondary N) is 1. The number of aryl methyl sites for hydroxylation is 2. The molecule has 0 saturated carbocycles. The normalized spacial score (nSPS) is 12.0. The zero-order valence-electron chi connectivity index (χ0n) is 20.7. The molecule has 6 heteroatoms.